The molecule has 140 valence electrons. The summed E-state index contributed by atoms with van der Waals surface area (Å²) in [7, 11) is 0. The number of rotatable bonds is 2. The van der Waals surface area contributed by atoms with Crippen molar-refractivity contribution in [2.24, 2.45) is 0 Å². The second kappa shape index (κ2) is 6.61. The Labute approximate surface area is 150 Å². The van der Waals surface area contributed by atoms with E-state index in [1.165, 1.54) is 48.5 Å². The summed E-state index contributed by atoms with van der Waals surface area (Å²) < 4.78 is 79.6. The molecule has 2 aromatic carbocycles. The Bertz CT molecular complexity index is 976. The Hall–Kier alpha value is -3.03. The van der Waals surface area contributed by atoms with E-state index in [9.17, 15) is 26.3 Å². The van der Waals surface area contributed by atoms with Crippen molar-refractivity contribution in [1.29, 1.82) is 0 Å². The van der Waals surface area contributed by atoms with Gasteiger partial charge in [-0.05, 0) is 24.3 Å². The fraction of sp³-hybridized carbons (Fsp3) is 0.105. The molecule has 0 saturated heterocycles. The van der Waals surface area contributed by atoms with Crippen molar-refractivity contribution in [3.8, 4) is 22.5 Å². The number of pyridine rings is 1. The van der Waals surface area contributed by atoms with E-state index >= 15 is 0 Å². The van der Waals surface area contributed by atoms with Gasteiger partial charge in [0.2, 0.25) is 0 Å². The van der Waals surface area contributed by atoms with Gasteiger partial charge in [0, 0.05) is 11.1 Å². The summed E-state index contributed by atoms with van der Waals surface area (Å²) in [6.07, 6.45) is -9.30. The van der Waals surface area contributed by atoms with Crippen LogP contribution in [0.15, 0.2) is 60.7 Å². The Morgan fingerprint density at radius 2 is 1.11 bits per heavy atom. The normalized spacial score (nSPS) is 12.2. The van der Waals surface area contributed by atoms with Crippen LogP contribution in [-0.4, -0.2) is 4.98 Å². The highest BCUT2D eigenvalue weighted by atomic mass is 19.4. The molecule has 8 heteroatoms. The lowest BCUT2D eigenvalue weighted by Gasteiger charge is -2.16. The molecular formula is C19H12F6N2. The maximum absolute atomic E-state index is 13.3. The van der Waals surface area contributed by atoms with Gasteiger partial charge in [-0.25, -0.2) is 4.98 Å². The van der Waals surface area contributed by atoms with Gasteiger partial charge in [-0.3, -0.25) is 0 Å². The fourth-order valence-corrected chi connectivity index (χ4v) is 2.73. The average molecular weight is 382 g/mol. The van der Waals surface area contributed by atoms with Crippen LogP contribution in [0, 0.1) is 0 Å². The molecular weight excluding hydrogens is 370 g/mol. The van der Waals surface area contributed by atoms with Gasteiger partial charge in [-0.1, -0.05) is 36.4 Å². The van der Waals surface area contributed by atoms with Crippen molar-refractivity contribution < 1.29 is 26.3 Å². The number of halogens is 6. The highest BCUT2D eigenvalue weighted by Gasteiger charge is 2.35. The molecule has 0 bridgehead atoms. The lowest BCUT2D eigenvalue weighted by Crippen LogP contribution is -2.09. The monoisotopic (exact) mass is 382 g/mol. The first-order valence-electron chi connectivity index (χ1n) is 7.69. The molecule has 3 aromatic rings. The third-order valence-corrected chi connectivity index (χ3v) is 3.92. The van der Waals surface area contributed by atoms with E-state index in [4.69, 9.17) is 5.73 Å². The SMILES string of the molecule is Nc1ccc(-c2ccccc2C(F)(F)F)nc1-c1ccccc1C(F)(F)F. The zero-order valence-corrected chi connectivity index (χ0v) is 13.6. The molecule has 0 amide bonds. The second-order valence-corrected chi connectivity index (χ2v) is 5.72. The van der Waals surface area contributed by atoms with E-state index in [1.54, 1.807) is 0 Å². The first kappa shape index (κ1) is 18.8. The number of hydrogen-bond donors (Lipinski definition) is 1. The van der Waals surface area contributed by atoms with Gasteiger partial charge in [0.15, 0.2) is 0 Å². The van der Waals surface area contributed by atoms with E-state index in [2.05, 4.69) is 4.98 Å². The standard InChI is InChI=1S/C19H12F6N2/c20-18(21,22)13-7-3-1-5-11(13)16-10-9-15(26)17(27-16)12-6-2-4-8-14(12)19(23,24)25/h1-10H,26H2. The third-order valence-electron chi connectivity index (χ3n) is 3.92. The van der Waals surface area contributed by atoms with Crippen molar-refractivity contribution in [3.05, 3.63) is 71.8 Å². The van der Waals surface area contributed by atoms with Crippen LogP contribution in [0.2, 0.25) is 0 Å². The minimum Gasteiger partial charge on any atom is -0.397 e. The Kier molecular flexibility index (Phi) is 4.59. The first-order valence-corrected chi connectivity index (χ1v) is 7.69. The van der Waals surface area contributed by atoms with Crippen molar-refractivity contribution in [2.45, 2.75) is 12.4 Å². The van der Waals surface area contributed by atoms with Gasteiger partial charge in [-0.15, -0.1) is 0 Å². The lowest BCUT2D eigenvalue weighted by atomic mass is 9.99. The number of aromatic nitrogens is 1. The quantitative estimate of drug-likeness (QED) is 0.549. The Morgan fingerprint density at radius 1 is 0.630 bits per heavy atom. The summed E-state index contributed by atoms with van der Waals surface area (Å²) >= 11 is 0. The average Bonchev–Trinajstić information content (AvgIpc) is 2.61. The molecule has 2 N–H and O–H groups in total. The molecule has 0 aliphatic rings. The second-order valence-electron chi connectivity index (χ2n) is 5.72. The summed E-state index contributed by atoms with van der Waals surface area (Å²) in [4.78, 5) is 4.04. The molecule has 3 rings (SSSR count). The number of anilines is 1. The lowest BCUT2D eigenvalue weighted by molar-refractivity contribution is -0.137. The molecule has 0 atom stereocenters. The summed E-state index contributed by atoms with van der Waals surface area (Å²) in [5.74, 6) is 0. The fourth-order valence-electron chi connectivity index (χ4n) is 2.73. The molecule has 0 saturated carbocycles. The summed E-state index contributed by atoms with van der Waals surface area (Å²) in [6.45, 7) is 0. The minimum absolute atomic E-state index is 0.0695. The van der Waals surface area contributed by atoms with Crippen LogP contribution in [-0.2, 0) is 12.4 Å². The van der Waals surface area contributed by atoms with Crippen LogP contribution in [0.25, 0.3) is 22.5 Å². The highest BCUT2D eigenvalue weighted by Crippen LogP contribution is 2.40. The van der Waals surface area contributed by atoms with E-state index in [0.29, 0.717) is 0 Å². The largest absolute Gasteiger partial charge is 0.417 e. The Balaban J connectivity index is 2.23. The molecule has 0 spiro atoms. The van der Waals surface area contributed by atoms with Crippen LogP contribution in [0.3, 0.4) is 0 Å². The van der Waals surface area contributed by atoms with Crippen LogP contribution >= 0.6 is 0 Å². The Morgan fingerprint density at radius 3 is 1.67 bits per heavy atom. The molecule has 2 nitrogen and oxygen atoms in total. The minimum atomic E-state index is -4.66. The molecule has 0 radical (unpaired) electrons. The number of alkyl halides is 6. The first-order chi connectivity index (χ1) is 12.6. The molecule has 0 fully saturated rings. The number of nitrogens with zero attached hydrogens (tertiary/aromatic N) is 1. The van der Waals surface area contributed by atoms with Crippen molar-refractivity contribution >= 4 is 5.69 Å². The topological polar surface area (TPSA) is 38.9 Å². The van der Waals surface area contributed by atoms with Gasteiger partial charge in [-0.2, -0.15) is 26.3 Å². The molecule has 0 aliphatic carbocycles. The van der Waals surface area contributed by atoms with E-state index in [-0.39, 0.29) is 28.2 Å². The number of hydrogen-bond acceptors (Lipinski definition) is 2. The highest BCUT2D eigenvalue weighted by molar-refractivity contribution is 5.79. The van der Waals surface area contributed by atoms with Crippen molar-refractivity contribution in [3.63, 3.8) is 0 Å². The van der Waals surface area contributed by atoms with Gasteiger partial charge in [0.05, 0.1) is 28.2 Å². The van der Waals surface area contributed by atoms with Crippen LogP contribution < -0.4 is 5.73 Å². The van der Waals surface area contributed by atoms with Gasteiger partial charge < -0.3 is 5.73 Å². The number of nitrogens with two attached hydrogens (primary N) is 1. The predicted octanol–water partition coefficient (Wildman–Crippen LogP) is 6.04. The molecule has 0 aliphatic heterocycles. The third kappa shape index (κ3) is 3.74. The zero-order chi connectivity index (χ0) is 19.8. The maximum Gasteiger partial charge on any atom is 0.417 e. The number of nitrogen functional groups attached to an aromatic ring is 1. The summed E-state index contributed by atoms with van der Waals surface area (Å²) in [6, 6.07) is 11.9. The van der Waals surface area contributed by atoms with E-state index < -0.39 is 23.5 Å². The van der Waals surface area contributed by atoms with Crippen molar-refractivity contribution in [2.75, 3.05) is 5.73 Å². The van der Waals surface area contributed by atoms with Gasteiger partial charge in [0.25, 0.3) is 0 Å². The molecule has 1 heterocycles. The van der Waals surface area contributed by atoms with Gasteiger partial charge in [0.1, 0.15) is 0 Å². The van der Waals surface area contributed by atoms with Crippen LogP contribution in [0.5, 0.6) is 0 Å². The van der Waals surface area contributed by atoms with E-state index in [0.717, 1.165) is 12.1 Å². The van der Waals surface area contributed by atoms with Crippen molar-refractivity contribution in [1.82, 2.24) is 4.98 Å². The van der Waals surface area contributed by atoms with Crippen LogP contribution in [0.1, 0.15) is 11.1 Å². The molecule has 1 aromatic heterocycles. The number of benzene rings is 2. The summed E-state index contributed by atoms with van der Waals surface area (Å²) in [5.41, 5.74) is 2.93. The smallest absolute Gasteiger partial charge is 0.397 e. The van der Waals surface area contributed by atoms with Gasteiger partial charge >= 0.3 is 12.4 Å². The molecule has 0 unspecified atom stereocenters. The predicted molar refractivity (Wildman–Crippen MR) is 89.5 cm³/mol. The summed E-state index contributed by atoms with van der Waals surface area (Å²) in [5, 5.41) is 0. The van der Waals surface area contributed by atoms with Crippen LogP contribution in [0.4, 0.5) is 32.0 Å². The molecule has 27 heavy (non-hydrogen) atoms. The zero-order valence-electron chi connectivity index (χ0n) is 13.6. The van der Waals surface area contributed by atoms with E-state index in [1.807, 2.05) is 0 Å². The maximum atomic E-state index is 13.3.